The third-order valence-electron chi connectivity index (χ3n) is 5.13. The van der Waals surface area contributed by atoms with Crippen LogP contribution < -0.4 is 11.1 Å². The molecule has 1 aliphatic carbocycles. The van der Waals surface area contributed by atoms with Gasteiger partial charge in [-0.1, -0.05) is 30.9 Å². The monoisotopic (exact) mass is 306 g/mol. The minimum atomic E-state index is -0.540. The Hall–Kier alpha value is -1.06. The first kappa shape index (κ1) is 14.9. The topological polar surface area (TPSA) is 55.1 Å². The largest absolute Gasteiger partial charge is 0.325 e. The summed E-state index contributed by atoms with van der Waals surface area (Å²) < 4.78 is 0. The number of hydrogen-bond donors (Lipinski definition) is 2. The molecule has 3 nitrogen and oxygen atoms in total. The lowest BCUT2D eigenvalue weighted by Crippen LogP contribution is -2.26. The highest BCUT2D eigenvalue weighted by Gasteiger charge is 2.41. The van der Waals surface area contributed by atoms with Crippen molar-refractivity contribution in [3.8, 4) is 0 Å². The molecule has 1 aromatic carbocycles. The van der Waals surface area contributed by atoms with E-state index in [0.29, 0.717) is 10.9 Å². The van der Waals surface area contributed by atoms with E-state index in [-0.39, 0.29) is 11.9 Å². The molecule has 1 saturated carbocycles. The van der Waals surface area contributed by atoms with Gasteiger partial charge >= 0.3 is 0 Å². The number of fused-ring (bicyclic) bond motifs is 1. The molecule has 0 aromatic heterocycles. The average molecular weight is 307 g/mol. The van der Waals surface area contributed by atoms with Crippen LogP contribution in [0.2, 0.25) is 5.02 Å². The molecule has 0 bridgehead atoms. The van der Waals surface area contributed by atoms with Crippen molar-refractivity contribution >= 4 is 23.2 Å². The molecular formula is C17H23ClN2O. The van der Waals surface area contributed by atoms with Gasteiger partial charge in [-0.25, -0.2) is 0 Å². The first-order chi connectivity index (χ1) is 9.91. The van der Waals surface area contributed by atoms with Crippen LogP contribution in [-0.2, 0) is 10.2 Å². The third kappa shape index (κ3) is 2.47. The van der Waals surface area contributed by atoms with Gasteiger partial charge in [0.2, 0.25) is 5.91 Å². The normalized spacial score (nSPS) is 22.8. The predicted octanol–water partition coefficient (Wildman–Crippen LogP) is 4.15. The van der Waals surface area contributed by atoms with Crippen molar-refractivity contribution < 1.29 is 4.79 Å². The van der Waals surface area contributed by atoms with Crippen LogP contribution in [0.1, 0.15) is 63.1 Å². The van der Waals surface area contributed by atoms with Crippen LogP contribution in [0.15, 0.2) is 12.1 Å². The van der Waals surface area contributed by atoms with E-state index < -0.39 is 5.41 Å². The summed E-state index contributed by atoms with van der Waals surface area (Å²) in [5, 5.41) is 3.69. The number of hydrogen-bond acceptors (Lipinski definition) is 2. The van der Waals surface area contributed by atoms with Gasteiger partial charge in [0.05, 0.1) is 5.41 Å². The molecule has 1 heterocycles. The van der Waals surface area contributed by atoms with Crippen LogP contribution in [-0.4, -0.2) is 5.91 Å². The summed E-state index contributed by atoms with van der Waals surface area (Å²) in [5.41, 5.74) is 8.87. The van der Waals surface area contributed by atoms with E-state index in [0.717, 1.165) is 16.8 Å². The first-order valence-corrected chi connectivity index (χ1v) is 8.20. The smallest absolute Gasteiger partial charge is 0.234 e. The molecule has 1 aliphatic heterocycles. The van der Waals surface area contributed by atoms with Crippen molar-refractivity contribution in [2.75, 3.05) is 5.32 Å². The Kier molecular flexibility index (Phi) is 3.74. The Bertz CT molecular complexity index is 576. The number of rotatable bonds is 2. The van der Waals surface area contributed by atoms with Gasteiger partial charge in [0.25, 0.3) is 0 Å². The number of halogens is 1. The first-order valence-electron chi connectivity index (χ1n) is 7.82. The average Bonchev–Trinajstić information content (AvgIpc) is 2.69. The summed E-state index contributed by atoms with van der Waals surface area (Å²) in [6, 6.07) is 3.78. The van der Waals surface area contributed by atoms with Crippen LogP contribution in [0.25, 0.3) is 0 Å². The molecular weight excluding hydrogens is 284 g/mol. The molecule has 114 valence electrons. The summed E-state index contributed by atoms with van der Waals surface area (Å²) in [6.45, 7) is 3.86. The fourth-order valence-electron chi connectivity index (χ4n) is 3.66. The van der Waals surface area contributed by atoms with Crippen LogP contribution in [0.3, 0.4) is 0 Å². The SMILES string of the molecule is CC1(C)C(=O)Nc2c(C(N)C3CCCCC3)cc(Cl)cc21. The van der Waals surface area contributed by atoms with Gasteiger partial charge in [-0.2, -0.15) is 0 Å². The number of carbonyl (C=O) groups is 1. The second-order valence-corrected chi connectivity index (χ2v) is 7.36. The number of nitrogens with two attached hydrogens (primary N) is 1. The van der Waals surface area contributed by atoms with E-state index in [2.05, 4.69) is 5.32 Å². The number of amides is 1. The van der Waals surface area contributed by atoms with E-state index in [9.17, 15) is 4.79 Å². The summed E-state index contributed by atoms with van der Waals surface area (Å²) in [4.78, 5) is 12.2. The maximum atomic E-state index is 12.2. The molecule has 0 spiro atoms. The molecule has 1 aromatic rings. The minimum absolute atomic E-state index is 0.0249. The lowest BCUT2D eigenvalue weighted by atomic mass is 9.79. The van der Waals surface area contributed by atoms with Gasteiger partial charge in [-0.3, -0.25) is 4.79 Å². The maximum Gasteiger partial charge on any atom is 0.234 e. The van der Waals surface area contributed by atoms with Crippen molar-refractivity contribution in [2.24, 2.45) is 11.7 Å². The fourth-order valence-corrected chi connectivity index (χ4v) is 3.89. The van der Waals surface area contributed by atoms with Gasteiger partial charge in [-0.05, 0) is 55.9 Å². The van der Waals surface area contributed by atoms with Gasteiger partial charge in [0, 0.05) is 16.8 Å². The molecule has 0 radical (unpaired) electrons. The van der Waals surface area contributed by atoms with Crippen molar-refractivity contribution in [2.45, 2.75) is 57.4 Å². The van der Waals surface area contributed by atoms with Gasteiger partial charge in [0.15, 0.2) is 0 Å². The second-order valence-electron chi connectivity index (χ2n) is 6.92. The molecule has 4 heteroatoms. The third-order valence-corrected chi connectivity index (χ3v) is 5.35. The Labute approximate surface area is 131 Å². The Balaban J connectivity index is 2.02. The van der Waals surface area contributed by atoms with Crippen molar-refractivity contribution in [1.82, 2.24) is 0 Å². The van der Waals surface area contributed by atoms with Gasteiger partial charge < -0.3 is 11.1 Å². The zero-order chi connectivity index (χ0) is 15.2. The van der Waals surface area contributed by atoms with Crippen molar-refractivity contribution in [3.63, 3.8) is 0 Å². The molecule has 1 unspecified atom stereocenters. The lowest BCUT2D eigenvalue weighted by Gasteiger charge is -2.29. The number of carbonyl (C=O) groups excluding carboxylic acids is 1. The molecule has 21 heavy (non-hydrogen) atoms. The standard InChI is InChI=1S/C17H23ClN2O/c1-17(2)13-9-11(18)8-12(15(13)20-16(17)21)14(19)10-6-4-3-5-7-10/h8-10,14H,3-7,19H2,1-2H3,(H,20,21). The highest BCUT2D eigenvalue weighted by molar-refractivity contribution is 6.31. The zero-order valence-corrected chi connectivity index (χ0v) is 13.5. The van der Waals surface area contributed by atoms with E-state index in [1.165, 1.54) is 32.1 Å². The Morgan fingerprint density at radius 3 is 2.62 bits per heavy atom. The summed E-state index contributed by atoms with van der Waals surface area (Å²) in [7, 11) is 0. The second kappa shape index (κ2) is 5.29. The summed E-state index contributed by atoms with van der Waals surface area (Å²) >= 11 is 6.29. The van der Waals surface area contributed by atoms with Crippen molar-refractivity contribution in [3.05, 3.63) is 28.3 Å². The number of nitrogens with one attached hydrogen (secondary N) is 1. The summed E-state index contributed by atoms with van der Waals surface area (Å²) in [5.74, 6) is 0.513. The van der Waals surface area contributed by atoms with E-state index >= 15 is 0 Å². The molecule has 3 N–H and O–H groups in total. The van der Waals surface area contributed by atoms with E-state index in [4.69, 9.17) is 17.3 Å². The number of anilines is 1. The highest BCUT2D eigenvalue weighted by Crippen LogP contribution is 2.45. The quantitative estimate of drug-likeness (QED) is 0.862. The molecule has 0 saturated heterocycles. The Morgan fingerprint density at radius 1 is 1.29 bits per heavy atom. The van der Waals surface area contributed by atoms with E-state index in [1.54, 1.807) is 0 Å². The maximum absolute atomic E-state index is 12.2. The molecule has 2 aliphatic rings. The molecule has 3 rings (SSSR count). The fraction of sp³-hybridized carbons (Fsp3) is 0.588. The lowest BCUT2D eigenvalue weighted by molar-refractivity contribution is -0.119. The van der Waals surface area contributed by atoms with E-state index in [1.807, 2.05) is 26.0 Å². The van der Waals surface area contributed by atoms with Crippen LogP contribution in [0.4, 0.5) is 5.69 Å². The molecule has 1 atom stereocenters. The minimum Gasteiger partial charge on any atom is -0.325 e. The van der Waals surface area contributed by atoms with Gasteiger partial charge in [0.1, 0.15) is 0 Å². The molecule has 1 fully saturated rings. The predicted molar refractivity (Wildman–Crippen MR) is 86.6 cm³/mol. The highest BCUT2D eigenvalue weighted by atomic mass is 35.5. The molecule has 1 amide bonds. The van der Waals surface area contributed by atoms with Gasteiger partial charge in [-0.15, -0.1) is 0 Å². The van der Waals surface area contributed by atoms with Crippen LogP contribution in [0, 0.1) is 5.92 Å². The Morgan fingerprint density at radius 2 is 1.95 bits per heavy atom. The van der Waals surface area contributed by atoms with Crippen LogP contribution in [0.5, 0.6) is 0 Å². The number of benzene rings is 1. The van der Waals surface area contributed by atoms with Crippen molar-refractivity contribution in [1.29, 1.82) is 0 Å². The van der Waals surface area contributed by atoms with Crippen LogP contribution >= 0.6 is 11.6 Å². The summed E-state index contributed by atoms with van der Waals surface area (Å²) in [6.07, 6.45) is 6.14. The zero-order valence-electron chi connectivity index (χ0n) is 12.7.